The molecule has 2 aromatic rings. The number of aryl methyl sites for hydroxylation is 1. The van der Waals surface area contributed by atoms with Crippen LogP contribution in [-0.2, 0) is 0 Å². The van der Waals surface area contributed by atoms with Crippen molar-refractivity contribution in [3.63, 3.8) is 0 Å². The van der Waals surface area contributed by atoms with E-state index in [1.165, 1.54) is 6.20 Å². The van der Waals surface area contributed by atoms with E-state index < -0.39 is 5.97 Å². The summed E-state index contributed by atoms with van der Waals surface area (Å²) in [6.07, 6.45) is 2.82. The van der Waals surface area contributed by atoms with Gasteiger partial charge in [-0.05, 0) is 24.6 Å². The molecular weight excluding hydrogens is 220 g/mol. The smallest absolute Gasteiger partial charge is 0.341 e. The third kappa shape index (κ3) is 2.20. The van der Waals surface area contributed by atoms with Crippen LogP contribution in [0.2, 0.25) is 0 Å². The lowest BCUT2D eigenvalue weighted by atomic mass is 10.2. The molecule has 6 heteroatoms. The molecule has 0 spiro atoms. The number of carboxylic acids is 1. The molecule has 0 aliphatic heterocycles. The Labute approximate surface area is 97.2 Å². The summed E-state index contributed by atoms with van der Waals surface area (Å²) >= 11 is 0. The summed E-state index contributed by atoms with van der Waals surface area (Å²) in [6, 6.07) is 3.65. The van der Waals surface area contributed by atoms with Gasteiger partial charge >= 0.3 is 5.97 Å². The lowest BCUT2D eigenvalue weighted by molar-refractivity contribution is 0.0697. The average Bonchev–Trinajstić information content (AvgIpc) is 2.28. The van der Waals surface area contributed by atoms with Crippen molar-refractivity contribution in [1.82, 2.24) is 15.0 Å². The fourth-order valence-corrected chi connectivity index (χ4v) is 1.34. The van der Waals surface area contributed by atoms with Crippen LogP contribution in [0.25, 0.3) is 11.5 Å². The van der Waals surface area contributed by atoms with Gasteiger partial charge in [0.2, 0.25) is 0 Å². The highest BCUT2D eigenvalue weighted by molar-refractivity contribution is 5.92. The maximum atomic E-state index is 10.7. The minimum Gasteiger partial charge on any atom is -0.477 e. The molecule has 0 unspecified atom stereocenters. The number of nitrogens with two attached hydrogens (primary N) is 1. The van der Waals surface area contributed by atoms with E-state index >= 15 is 0 Å². The monoisotopic (exact) mass is 230 g/mol. The van der Waals surface area contributed by atoms with E-state index in [1.54, 1.807) is 12.3 Å². The van der Waals surface area contributed by atoms with E-state index in [4.69, 9.17) is 10.8 Å². The number of carboxylic acid groups (broad SMARTS) is 1. The highest BCUT2D eigenvalue weighted by Gasteiger charge is 2.12. The number of carbonyl (C=O) groups is 1. The molecule has 0 atom stereocenters. The first kappa shape index (κ1) is 11.0. The van der Waals surface area contributed by atoms with Crippen LogP contribution in [0, 0.1) is 6.92 Å². The van der Waals surface area contributed by atoms with Crippen molar-refractivity contribution in [3.05, 3.63) is 35.7 Å². The number of rotatable bonds is 2. The zero-order valence-corrected chi connectivity index (χ0v) is 9.08. The third-order valence-electron chi connectivity index (χ3n) is 2.19. The molecule has 0 saturated carbocycles. The molecule has 0 fully saturated rings. The molecular formula is C11H10N4O2. The summed E-state index contributed by atoms with van der Waals surface area (Å²) in [6.45, 7) is 1.92. The Hall–Kier alpha value is -2.50. The molecule has 3 N–H and O–H groups in total. The summed E-state index contributed by atoms with van der Waals surface area (Å²) in [5, 5.41) is 8.80. The predicted octanol–water partition coefficient (Wildman–Crippen LogP) is 1.13. The largest absolute Gasteiger partial charge is 0.477 e. The molecule has 86 valence electrons. The summed E-state index contributed by atoms with van der Waals surface area (Å²) in [5.74, 6) is -0.895. The maximum absolute atomic E-state index is 10.7. The molecule has 0 radical (unpaired) electrons. The second kappa shape index (κ2) is 4.17. The molecule has 2 rings (SSSR count). The average molecular weight is 230 g/mol. The predicted molar refractivity (Wildman–Crippen MR) is 61.4 cm³/mol. The van der Waals surface area contributed by atoms with Crippen molar-refractivity contribution in [2.45, 2.75) is 6.92 Å². The molecule has 0 bridgehead atoms. The molecule has 17 heavy (non-hydrogen) atoms. The number of hydrogen-bond donors (Lipinski definition) is 2. The van der Waals surface area contributed by atoms with Gasteiger partial charge in [0.1, 0.15) is 17.1 Å². The molecule has 2 heterocycles. The highest BCUT2D eigenvalue weighted by atomic mass is 16.4. The second-order valence-electron chi connectivity index (χ2n) is 3.52. The van der Waals surface area contributed by atoms with Crippen LogP contribution in [-0.4, -0.2) is 26.0 Å². The number of aromatic carboxylic acids is 1. The topological polar surface area (TPSA) is 102 Å². The lowest BCUT2D eigenvalue weighted by Crippen LogP contribution is -2.07. The Balaban J connectivity index is 2.48. The van der Waals surface area contributed by atoms with Crippen molar-refractivity contribution >= 4 is 11.8 Å². The number of anilines is 1. The Morgan fingerprint density at radius 2 is 2.18 bits per heavy atom. The highest BCUT2D eigenvalue weighted by Crippen LogP contribution is 2.16. The van der Waals surface area contributed by atoms with Gasteiger partial charge in [-0.3, -0.25) is 4.98 Å². The van der Waals surface area contributed by atoms with Crippen molar-refractivity contribution in [2.24, 2.45) is 0 Å². The lowest BCUT2D eigenvalue weighted by Gasteiger charge is -2.03. The van der Waals surface area contributed by atoms with Crippen LogP contribution in [0.4, 0.5) is 5.82 Å². The third-order valence-corrected chi connectivity index (χ3v) is 2.19. The van der Waals surface area contributed by atoms with Gasteiger partial charge < -0.3 is 10.8 Å². The number of aromatic nitrogens is 3. The van der Waals surface area contributed by atoms with E-state index in [1.807, 2.05) is 13.0 Å². The van der Waals surface area contributed by atoms with Crippen LogP contribution >= 0.6 is 0 Å². The summed E-state index contributed by atoms with van der Waals surface area (Å²) in [4.78, 5) is 22.7. The van der Waals surface area contributed by atoms with Gasteiger partial charge in [-0.25, -0.2) is 14.8 Å². The molecule has 0 saturated heterocycles. The zero-order valence-electron chi connectivity index (χ0n) is 9.08. The Kier molecular flexibility index (Phi) is 2.70. The normalized spacial score (nSPS) is 10.2. The van der Waals surface area contributed by atoms with Gasteiger partial charge in [0.25, 0.3) is 0 Å². The van der Waals surface area contributed by atoms with E-state index in [0.717, 1.165) is 5.56 Å². The quantitative estimate of drug-likeness (QED) is 0.801. The molecule has 0 aliphatic rings. The van der Waals surface area contributed by atoms with Crippen LogP contribution in [0.5, 0.6) is 0 Å². The first-order valence-corrected chi connectivity index (χ1v) is 4.87. The first-order valence-electron chi connectivity index (χ1n) is 4.87. The standard InChI is InChI=1S/C11H10N4O2/c1-6-2-3-13-8(4-6)10-14-5-7(11(16)17)9(12)15-10/h2-5H,1H3,(H,16,17)(H2,12,14,15). The van der Waals surface area contributed by atoms with Crippen LogP contribution in [0.15, 0.2) is 24.5 Å². The SMILES string of the molecule is Cc1ccnc(-c2ncc(C(=O)O)c(N)n2)c1. The zero-order chi connectivity index (χ0) is 12.4. The van der Waals surface area contributed by atoms with Crippen molar-refractivity contribution in [3.8, 4) is 11.5 Å². The van der Waals surface area contributed by atoms with Gasteiger partial charge in [-0.15, -0.1) is 0 Å². The second-order valence-corrected chi connectivity index (χ2v) is 3.52. The van der Waals surface area contributed by atoms with Crippen molar-refractivity contribution < 1.29 is 9.90 Å². The number of hydrogen-bond acceptors (Lipinski definition) is 5. The van der Waals surface area contributed by atoms with Crippen LogP contribution in [0.1, 0.15) is 15.9 Å². The minimum atomic E-state index is -1.15. The van der Waals surface area contributed by atoms with Crippen LogP contribution in [0.3, 0.4) is 0 Å². The number of nitrogen functional groups attached to an aromatic ring is 1. The Morgan fingerprint density at radius 1 is 1.41 bits per heavy atom. The Bertz CT molecular complexity index is 583. The van der Waals surface area contributed by atoms with Crippen molar-refractivity contribution in [2.75, 3.05) is 5.73 Å². The van der Waals surface area contributed by atoms with E-state index in [-0.39, 0.29) is 11.4 Å². The van der Waals surface area contributed by atoms with Gasteiger partial charge in [0, 0.05) is 12.4 Å². The maximum Gasteiger partial charge on any atom is 0.341 e. The minimum absolute atomic E-state index is 0.0641. The summed E-state index contributed by atoms with van der Waals surface area (Å²) in [7, 11) is 0. The van der Waals surface area contributed by atoms with Gasteiger partial charge in [-0.1, -0.05) is 0 Å². The van der Waals surface area contributed by atoms with E-state index in [0.29, 0.717) is 11.5 Å². The van der Waals surface area contributed by atoms with Crippen molar-refractivity contribution in [1.29, 1.82) is 0 Å². The first-order chi connectivity index (χ1) is 8.08. The van der Waals surface area contributed by atoms with E-state index in [2.05, 4.69) is 15.0 Å². The number of nitrogens with zero attached hydrogens (tertiary/aromatic N) is 3. The number of pyridine rings is 1. The van der Waals surface area contributed by atoms with E-state index in [9.17, 15) is 4.79 Å². The van der Waals surface area contributed by atoms with Crippen LogP contribution < -0.4 is 5.73 Å². The fourth-order valence-electron chi connectivity index (χ4n) is 1.34. The molecule has 0 amide bonds. The molecule has 0 aromatic carbocycles. The Morgan fingerprint density at radius 3 is 2.76 bits per heavy atom. The molecule has 2 aromatic heterocycles. The molecule has 6 nitrogen and oxygen atoms in total. The summed E-state index contributed by atoms with van der Waals surface area (Å²) < 4.78 is 0. The van der Waals surface area contributed by atoms with Gasteiger partial charge in [0.05, 0.1) is 0 Å². The van der Waals surface area contributed by atoms with Gasteiger partial charge in [0.15, 0.2) is 5.82 Å². The summed E-state index contributed by atoms with van der Waals surface area (Å²) in [5.41, 5.74) is 7.01. The molecule has 0 aliphatic carbocycles. The fraction of sp³-hybridized carbons (Fsp3) is 0.0909. The van der Waals surface area contributed by atoms with Gasteiger partial charge in [-0.2, -0.15) is 0 Å².